The molecule has 0 aliphatic heterocycles. The second-order valence-corrected chi connectivity index (χ2v) is 4.75. The van der Waals surface area contributed by atoms with Gasteiger partial charge in [-0.05, 0) is 41.1 Å². The van der Waals surface area contributed by atoms with Gasteiger partial charge in [0.15, 0.2) is 0 Å². The van der Waals surface area contributed by atoms with Crippen LogP contribution in [0.25, 0.3) is 0 Å². The van der Waals surface area contributed by atoms with Crippen LogP contribution in [0.15, 0.2) is 28.9 Å². The first kappa shape index (κ1) is 12.1. The summed E-state index contributed by atoms with van der Waals surface area (Å²) in [6.45, 7) is 2.65. The van der Waals surface area contributed by atoms with Crippen molar-refractivity contribution < 1.29 is 4.39 Å². The lowest BCUT2D eigenvalue weighted by Gasteiger charge is -2.06. The van der Waals surface area contributed by atoms with Gasteiger partial charge in [0.05, 0.1) is 10.2 Å². The Bertz CT molecular complexity index is 537. The number of nitrogens with zero attached hydrogens (tertiary/aromatic N) is 2. The molecule has 2 rings (SSSR count). The normalized spacial score (nSPS) is 10.6. The largest absolute Gasteiger partial charge is 0.381 e. The van der Waals surface area contributed by atoms with Crippen LogP contribution in [-0.4, -0.2) is 9.78 Å². The Morgan fingerprint density at radius 1 is 1.47 bits per heavy atom. The first-order valence-corrected chi connectivity index (χ1v) is 6.03. The molecule has 3 nitrogen and oxygen atoms in total. The van der Waals surface area contributed by atoms with Gasteiger partial charge in [-0.1, -0.05) is 0 Å². The predicted molar refractivity (Wildman–Crippen MR) is 69.4 cm³/mol. The number of halogens is 2. The van der Waals surface area contributed by atoms with Gasteiger partial charge in [-0.2, -0.15) is 5.10 Å². The van der Waals surface area contributed by atoms with Gasteiger partial charge >= 0.3 is 0 Å². The lowest BCUT2D eigenvalue weighted by atomic mass is 10.2. The van der Waals surface area contributed by atoms with Gasteiger partial charge in [-0.3, -0.25) is 4.68 Å². The molecule has 0 atom stereocenters. The van der Waals surface area contributed by atoms with Crippen LogP contribution in [-0.2, 0) is 13.6 Å². The van der Waals surface area contributed by atoms with Crippen molar-refractivity contribution in [2.45, 2.75) is 13.5 Å². The highest BCUT2D eigenvalue weighted by Crippen LogP contribution is 2.20. The molecule has 2 aromatic rings. The number of benzene rings is 1. The summed E-state index contributed by atoms with van der Waals surface area (Å²) < 4.78 is 15.3. The lowest BCUT2D eigenvalue weighted by Crippen LogP contribution is -2.00. The van der Waals surface area contributed by atoms with Crippen LogP contribution in [0.2, 0.25) is 0 Å². The maximum Gasteiger partial charge on any atom is 0.137 e. The summed E-state index contributed by atoms with van der Waals surface area (Å²) in [5, 5.41) is 7.50. The molecule has 17 heavy (non-hydrogen) atoms. The Labute approximate surface area is 108 Å². The Morgan fingerprint density at radius 3 is 2.82 bits per heavy atom. The van der Waals surface area contributed by atoms with Crippen molar-refractivity contribution in [1.29, 1.82) is 0 Å². The Balaban J connectivity index is 2.07. The predicted octanol–water partition coefficient (Wildman–Crippen LogP) is 3.24. The molecule has 1 aromatic heterocycles. The highest BCUT2D eigenvalue weighted by molar-refractivity contribution is 9.10. The summed E-state index contributed by atoms with van der Waals surface area (Å²) in [5.41, 5.74) is 3.01. The van der Waals surface area contributed by atoms with Gasteiger partial charge in [0, 0.05) is 31.0 Å². The third kappa shape index (κ3) is 2.85. The van der Waals surface area contributed by atoms with Crippen molar-refractivity contribution >= 4 is 21.6 Å². The number of aryl methyl sites for hydroxylation is 2. The summed E-state index contributed by atoms with van der Waals surface area (Å²) >= 11 is 3.16. The zero-order valence-electron chi connectivity index (χ0n) is 9.67. The van der Waals surface area contributed by atoms with E-state index in [1.54, 1.807) is 16.8 Å². The van der Waals surface area contributed by atoms with Crippen LogP contribution in [0, 0.1) is 12.7 Å². The molecular weight excluding hydrogens is 285 g/mol. The fourth-order valence-corrected chi connectivity index (χ4v) is 2.00. The number of hydrogen-bond donors (Lipinski definition) is 1. The van der Waals surface area contributed by atoms with Crippen molar-refractivity contribution in [3.05, 3.63) is 45.9 Å². The summed E-state index contributed by atoms with van der Waals surface area (Å²) in [6, 6.07) is 4.87. The average molecular weight is 298 g/mol. The molecule has 1 N–H and O–H groups in total. The van der Waals surface area contributed by atoms with Gasteiger partial charge in [0.2, 0.25) is 0 Å². The molecule has 0 bridgehead atoms. The molecule has 90 valence electrons. The molecule has 1 heterocycles. The molecular formula is C12H13BrFN3. The third-order valence-electron chi connectivity index (χ3n) is 2.52. The molecule has 0 radical (unpaired) electrons. The van der Waals surface area contributed by atoms with Crippen LogP contribution < -0.4 is 5.32 Å². The van der Waals surface area contributed by atoms with E-state index in [1.807, 2.05) is 20.2 Å². The maximum atomic E-state index is 13.0. The minimum absolute atomic E-state index is 0.256. The molecule has 0 aliphatic rings. The molecule has 0 saturated carbocycles. The molecule has 1 aromatic carbocycles. The van der Waals surface area contributed by atoms with E-state index < -0.39 is 0 Å². The van der Waals surface area contributed by atoms with Gasteiger partial charge in [0.1, 0.15) is 5.82 Å². The number of rotatable bonds is 3. The topological polar surface area (TPSA) is 29.9 Å². The second-order valence-electron chi connectivity index (χ2n) is 3.90. The van der Waals surface area contributed by atoms with Crippen molar-refractivity contribution in [1.82, 2.24) is 9.78 Å². The van der Waals surface area contributed by atoms with Gasteiger partial charge in [0.25, 0.3) is 0 Å². The van der Waals surface area contributed by atoms with Crippen LogP contribution in [0.1, 0.15) is 11.3 Å². The second kappa shape index (κ2) is 4.87. The Hall–Kier alpha value is -1.36. The third-order valence-corrected chi connectivity index (χ3v) is 3.13. The number of nitrogens with one attached hydrogen (secondary N) is 1. The first-order valence-electron chi connectivity index (χ1n) is 5.24. The first-order chi connectivity index (χ1) is 8.06. The molecule has 0 aliphatic carbocycles. The Morgan fingerprint density at radius 2 is 2.24 bits per heavy atom. The molecule has 5 heteroatoms. The van der Waals surface area contributed by atoms with Gasteiger partial charge in [-0.15, -0.1) is 0 Å². The SMILES string of the molecule is Cc1nn(C)cc1CNc1ccc(F)c(Br)c1. The van der Waals surface area contributed by atoms with E-state index in [2.05, 4.69) is 26.3 Å². The molecule has 0 fully saturated rings. The van der Waals surface area contributed by atoms with Crippen molar-refractivity contribution in [2.24, 2.45) is 7.05 Å². The average Bonchev–Trinajstić information content (AvgIpc) is 2.59. The molecule has 0 spiro atoms. The van der Waals surface area contributed by atoms with E-state index in [-0.39, 0.29) is 5.82 Å². The highest BCUT2D eigenvalue weighted by atomic mass is 79.9. The van der Waals surface area contributed by atoms with E-state index in [1.165, 1.54) is 6.07 Å². The van der Waals surface area contributed by atoms with E-state index in [0.29, 0.717) is 11.0 Å². The van der Waals surface area contributed by atoms with Gasteiger partial charge < -0.3 is 5.32 Å². The van der Waals surface area contributed by atoms with Crippen LogP contribution in [0.4, 0.5) is 10.1 Å². The van der Waals surface area contributed by atoms with E-state index in [9.17, 15) is 4.39 Å². The van der Waals surface area contributed by atoms with Gasteiger partial charge in [-0.25, -0.2) is 4.39 Å². The summed E-state index contributed by atoms with van der Waals surface area (Å²) in [4.78, 5) is 0. The fourth-order valence-electron chi connectivity index (χ4n) is 1.63. The summed E-state index contributed by atoms with van der Waals surface area (Å²) in [7, 11) is 1.89. The van der Waals surface area contributed by atoms with Crippen LogP contribution >= 0.6 is 15.9 Å². The monoisotopic (exact) mass is 297 g/mol. The maximum absolute atomic E-state index is 13.0. The number of anilines is 1. The van der Waals surface area contributed by atoms with Crippen molar-refractivity contribution in [3.63, 3.8) is 0 Å². The fraction of sp³-hybridized carbons (Fsp3) is 0.250. The quantitative estimate of drug-likeness (QED) is 0.942. The zero-order chi connectivity index (χ0) is 12.4. The van der Waals surface area contributed by atoms with Crippen molar-refractivity contribution in [2.75, 3.05) is 5.32 Å². The van der Waals surface area contributed by atoms with E-state index in [0.717, 1.165) is 16.9 Å². The molecule has 0 saturated heterocycles. The minimum Gasteiger partial charge on any atom is -0.381 e. The number of hydrogen-bond acceptors (Lipinski definition) is 2. The lowest BCUT2D eigenvalue weighted by molar-refractivity contribution is 0.621. The van der Waals surface area contributed by atoms with Crippen LogP contribution in [0.5, 0.6) is 0 Å². The van der Waals surface area contributed by atoms with E-state index in [4.69, 9.17) is 0 Å². The standard InChI is InChI=1S/C12H13BrFN3/c1-8-9(7-17(2)16-8)6-15-10-3-4-12(14)11(13)5-10/h3-5,7,15H,6H2,1-2H3. The summed E-state index contributed by atoms with van der Waals surface area (Å²) in [6.07, 6.45) is 1.97. The van der Waals surface area contributed by atoms with E-state index >= 15 is 0 Å². The highest BCUT2D eigenvalue weighted by Gasteiger charge is 2.04. The Kier molecular flexibility index (Phi) is 3.47. The summed E-state index contributed by atoms with van der Waals surface area (Å²) in [5.74, 6) is -0.256. The number of aromatic nitrogens is 2. The zero-order valence-corrected chi connectivity index (χ0v) is 11.3. The van der Waals surface area contributed by atoms with Crippen molar-refractivity contribution in [3.8, 4) is 0 Å². The minimum atomic E-state index is -0.256. The van der Waals surface area contributed by atoms with Crippen LogP contribution in [0.3, 0.4) is 0 Å². The smallest absolute Gasteiger partial charge is 0.137 e. The molecule has 0 amide bonds. The molecule has 0 unspecified atom stereocenters.